The Labute approximate surface area is 101 Å². The van der Waals surface area contributed by atoms with Crippen LogP contribution in [0, 0.1) is 0 Å². The fourth-order valence-electron chi connectivity index (χ4n) is 1.67. The van der Waals surface area contributed by atoms with Crippen molar-refractivity contribution in [3.05, 3.63) is 40.3 Å². The molecule has 0 saturated carbocycles. The molecule has 0 aliphatic carbocycles. The summed E-state index contributed by atoms with van der Waals surface area (Å²) in [5.41, 5.74) is 9.33. The number of nitrogens with zero attached hydrogens (tertiary/aromatic N) is 3. The van der Waals surface area contributed by atoms with Crippen molar-refractivity contribution in [2.75, 3.05) is 27.0 Å². The Kier molecular flexibility index (Phi) is 4.76. The predicted molar refractivity (Wildman–Crippen MR) is 69.3 cm³/mol. The van der Waals surface area contributed by atoms with Crippen LogP contribution in [0.25, 0.3) is 10.4 Å². The first-order chi connectivity index (χ1) is 8.00. The summed E-state index contributed by atoms with van der Waals surface area (Å²) in [4.78, 5) is 2.81. The summed E-state index contributed by atoms with van der Waals surface area (Å²) in [7, 11) is -0.854. The average Bonchev–Trinajstić information content (AvgIpc) is 2.28. The normalized spacial score (nSPS) is 12.9. The molecular weight excluding hydrogens is 237 g/mol. The maximum absolute atomic E-state index is 12.2. The highest BCUT2D eigenvalue weighted by molar-refractivity contribution is 7.70. The lowest BCUT2D eigenvalue weighted by Crippen LogP contribution is -2.15. The van der Waals surface area contributed by atoms with Crippen LogP contribution in [0.4, 0.5) is 0 Å². The molecule has 92 valence electrons. The van der Waals surface area contributed by atoms with E-state index >= 15 is 0 Å². The van der Waals surface area contributed by atoms with Gasteiger partial charge in [-0.25, -0.2) is 0 Å². The monoisotopic (exact) mass is 253 g/mol. The third-order valence-electron chi connectivity index (χ3n) is 2.39. The molecule has 1 aromatic rings. The quantitative estimate of drug-likeness (QED) is 0.350. The first kappa shape index (κ1) is 13.8. The van der Waals surface area contributed by atoms with Gasteiger partial charge in [0.05, 0.1) is 12.6 Å². The second-order valence-corrected chi connectivity index (χ2v) is 7.27. The molecule has 0 spiro atoms. The minimum absolute atomic E-state index is 0.279. The molecule has 0 fully saturated rings. The number of hydrogen-bond donors (Lipinski definition) is 0. The van der Waals surface area contributed by atoms with Crippen LogP contribution in [-0.4, -0.2) is 27.0 Å². The number of ether oxygens (including phenoxy) is 1. The Hall–Kier alpha value is -1.28. The molecule has 5 nitrogen and oxygen atoms in total. The van der Waals surface area contributed by atoms with Crippen molar-refractivity contribution in [2.45, 2.75) is 6.04 Å². The summed E-state index contributed by atoms with van der Waals surface area (Å²) in [5, 5.41) is 4.44. The Morgan fingerprint density at radius 1 is 1.47 bits per heavy atom. The lowest BCUT2D eigenvalue weighted by molar-refractivity contribution is 0.181. The predicted octanol–water partition coefficient (Wildman–Crippen LogP) is 2.93. The number of benzene rings is 1. The van der Waals surface area contributed by atoms with E-state index in [9.17, 15) is 4.57 Å². The number of methoxy groups -OCH3 is 1. The van der Waals surface area contributed by atoms with E-state index in [4.69, 9.17) is 10.3 Å². The molecule has 1 atom stereocenters. The molecule has 0 aliphatic heterocycles. The minimum atomic E-state index is -2.40. The standard InChI is InChI=1S/C11H16N3O2P/c1-16-8-10(13-14-12)9-6-4-5-7-11(9)17(2,3)15/h4-7,10H,8H2,1-3H3. The molecule has 0 aromatic heterocycles. The molecule has 0 saturated heterocycles. The van der Waals surface area contributed by atoms with Crippen LogP contribution in [0.2, 0.25) is 0 Å². The van der Waals surface area contributed by atoms with Gasteiger partial charge < -0.3 is 9.30 Å². The molecular formula is C11H16N3O2P. The first-order valence-electron chi connectivity index (χ1n) is 5.18. The second-order valence-electron chi connectivity index (χ2n) is 4.09. The van der Waals surface area contributed by atoms with E-state index in [0.29, 0.717) is 0 Å². The van der Waals surface area contributed by atoms with E-state index < -0.39 is 13.2 Å². The van der Waals surface area contributed by atoms with Crippen molar-refractivity contribution >= 4 is 12.4 Å². The van der Waals surface area contributed by atoms with Crippen LogP contribution in [0.3, 0.4) is 0 Å². The number of rotatable bonds is 5. The summed E-state index contributed by atoms with van der Waals surface area (Å²) < 4.78 is 17.2. The summed E-state index contributed by atoms with van der Waals surface area (Å²) in [6.45, 7) is 3.68. The third-order valence-corrected chi connectivity index (χ3v) is 3.96. The van der Waals surface area contributed by atoms with E-state index in [0.717, 1.165) is 10.9 Å². The summed E-state index contributed by atoms with van der Waals surface area (Å²) in [5.74, 6) is 0. The van der Waals surface area contributed by atoms with Gasteiger partial charge in [0, 0.05) is 17.3 Å². The highest BCUT2D eigenvalue weighted by atomic mass is 31.2. The zero-order valence-electron chi connectivity index (χ0n) is 10.2. The van der Waals surface area contributed by atoms with Gasteiger partial charge in [-0.2, -0.15) is 0 Å². The average molecular weight is 253 g/mol. The van der Waals surface area contributed by atoms with Crippen molar-refractivity contribution in [2.24, 2.45) is 5.11 Å². The summed E-state index contributed by atoms with van der Waals surface area (Å²) in [6, 6.07) is 6.87. The van der Waals surface area contributed by atoms with Crippen LogP contribution >= 0.6 is 7.14 Å². The van der Waals surface area contributed by atoms with Gasteiger partial charge >= 0.3 is 0 Å². The van der Waals surface area contributed by atoms with E-state index in [-0.39, 0.29) is 6.61 Å². The van der Waals surface area contributed by atoms with Crippen molar-refractivity contribution in [1.82, 2.24) is 0 Å². The fourth-order valence-corrected chi connectivity index (χ4v) is 2.96. The smallest absolute Gasteiger partial charge is 0.110 e. The SMILES string of the molecule is COCC(N=[N+]=[N-])c1ccccc1P(C)(C)=O. The van der Waals surface area contributed by atoms with Gasteiger partial charge in [-0.3, -0.25) is 0 Å². The van der Waals surface area contributed by atoms with Gasteiger partial charge in [0.15, 0.2) is 0 Å². The summed E-state index contributed by atoms with van der Waals surface area (Å²) >= 11 is 0. The van der Waals surface area contributed by atoms with E-state index in [1.54, 1.807) is 20.4 Å². The van der Waals surface area contributed by atoms with Gasteiger partial charge in [-0.1, -0.05) is 29.4 Å². The Bertz CT molecular complexity index is 477. The minimum Gasteiger partial charge on any atom is -0.384 e. The van der Waals surface area contributed by atoms with Gasteiger partial charge in [0.25, 0.3) is 0 Å². The molecule has 0 heterocycles. The lowest BCUT2D eigenvalue weighted by Gasteiger charge is -2.17. The Morgan fingerprint density at radius 2 is 2.12 bits per heavy atom. The van der Waals surface area contributed by atoms with Crippen LogP contribution in [-0.2, 0) is 9.30 Å². The van der Waals surface area contributed by atoms with Gasteiger partial charge in [0.2, 0.25) is 0 Å². The molecule has 17 heavy (non-hydrogen) atoms. The zero-order valence-corrected chi connectivity index (χ0v) is 11.1. The molecule has 0 N–H and O–H groups in total. The third kappa shape index (κ3) is 3.60. The van der Waals surface area contributed by atoms with Crippen LogP contribution in [0.15, 0.2) is 29.4 Å². The highest BCUT2D eigenvalue weighted by Crippen LogP contribution is 2.38. The maximum Gasteiger partial charge on any atom is 0.110 e. The molecule has 0 amide bonds. The highest BCUT2D eigenvalue weighted by Gasteiger charge is 2.20. The fraction of sp³-hybridized carbons (Fsp3) is 0.455. The van der Waals surface area contributed by atoms with Crippen molar-refractivity contribution < 1.29 is 9.30 Å². The van der Waals surface area contributed by atoms with Gasteiger partial charge in [0.1, 0.15) is 7.14 Å². The van der Waals surface area contributed by atoms with E-state index in [2.05, 4.69) is 10.0 Å². The topological polar surface area (TPSA) is 75.1 Å². The van der Waals surface area contributed by atoms with Crippen molar-refractivity contribution in [3.63, 3.8) is 0 Å². The van der Waals surface area contributed by atoms with Crippen LogP contribution < -0.4 is 5.30 Å². The molecule has 1 rings (SSSR count). The zero-order chi connectivity index (χ0) is 12.9. The van der Waals surface area contributed by atoms with Crippen LogP contribution in [0.5, 0.6) is 0 Å². The largest absolute Gasteiger partial charge is 0.384 e. The van der Waals surface area contributed by atoms with Crippen molar-refractivity contribution in [3.8, 4) is 0 Å². The van der Waals surface area contributed by atoms with E-state index in [1.165, 1.54) is 0 Å². The molecule has 0 aliphatic rings. The maximum atomic E-state index is 12.2. The molecule has 1 aromatic carbocycles. The van der Waals surface area contributed by atoms with Crippen LogP contribution in [0.1, 0.15) is 11.6 Å². The Balaban J connectivity index is 3.28. The summed E-state index contributed by atoms with van der Waals surface area (Å²) in [6.07, 6.45) is 0. The number of azide groups is 1. The molecule has 6 heteroatoms. The molecule has 0 radical (unpaired) electrons. The van der Waals surface area contributed by atoms with Gasteiger partial charge in [-0.15, -0.1) is 0 Å². The molecule has 0 bridgehead atoms. The molecule has 1 unspecified atom stereocenters. The second kappa shape index (κ2) is 5.87. The lowest BCUT2D eigenvalue weighted by atomic mass is 10.1. The van der Waals surface area contributed by atoms with Crippen molar-refractivity contribution in [1.29, 1.82) is 0 Å². The first-order valence-corrected chi connectivity index (χ1v) is 7.78. The Morgan fingerprint density at radius 3 is 2.65 bits per heavy atom. The van der Waals surface area contributed by atoms with Gasteiger partial charge in [-0.05, 0) is 24.4 Å². The van der Waals surface area contributed by atoms with E-state index in [1.807, 2.05) is 24.3 Å². The number of hydrogen-bond acceptors (Lipinski definition) is 3.